The molecular formula is C18H21BrN4S. The molecule has 1 aliphatic heterocycles. The number of rotatable bonds is 3. The minimum absolute atomic E-state index is 0.207. The minimum atomic E-state index is 0.207. The Kier molecular flexibility index (Phi) is 4.68. The molecule has 2 heterocycles. The van der Waals surface area contributed by atoms with Gasteiger partial charge in [-0.2, -0.15) is 0 Å². The van der Waals surface area contributed by atoms with E-state index in [1.54, 1.807) is 11.8 Å². The highest BCUT2D eigenvalue weighted by Crippen LogP contribution is 2.41. The zero-order valence-electron chi connectivity index (χ0n) is 13.7. The maximum absolute atomic E-state index is 4.51. The van der Waals surface area contributed by atoms with Crippen LogP contribution in [0.25, 0.3) is 6.08 Å². The predicted octanol–water partition coefficient (Wildman–Crippen LogP) is 4.76. The van der Waals surface area contributed by atoms with Gasteiger partial charge in [0.1, 0.15) is 5.37 Å². The first-order valence-corrected chi connectivity index (χ1v) is 10.2. The van der Waals surface area contributed by atoms with Crippen LogP contribution in [0.5, 0.6) is 0 Å². The van der Waals surface area contributed by atoms with Gasteiger partial charge in [0, 0.05) is 17.4 Å². The van der Waals surface area contributed by atoms with E-state index in [0.29, 0.717) is 5.92 Å². The number of nitrogens with zero attached hydrogens (tertiary/aromatic N) is 4. The molecule has 0 N–H and O–H groups in total. The third-order valence-corrected chi connectivity index (χ3v) is 7.03. The van der Waals surface area contributed by atoms with Crippen LogP contribution in [-0.4, -0.2) is 27.3 Å². The standard InChI is InChI=1S/C18H21BrN4S/c1-22-17(15(19)12-13-8-4-2-5-9-13)24-18-21-20-16(23(18)22)14-10-6-3-7-11-14/h2,4-5,8-9,12,14,17H,3,6-7,10-11H2,1H3/b15-12-. The van der Waals surface area contributed by atoms with Crippen molar-refractivity contribution < 1.29 is 0 Å². The molecule has 4 rings (SSSR count). The van der Waals surface area contributed by atoms with Gasteiger partial charge in [0.15, 0.2) is 5.82 Å². The number of aromatic nitrogens is 3. The maximum atomic E-state index is 4.51. The van der Waals surface area contributed by atoms with E-state index in [2.05, 4.69) is 73.2 Å². The van der Waals surface area contributed by atoms with E-state index in [0.717, 1.165) is 15.5 Å². The first-order chi connectivity index (χ1) is 11.7. The van der Waals surface area contributed by atoms with Gasteiger partial charge in [0.25, 0.3) is 0 Å². The van der Waals surface area contributed by atoms with Crippen molar-refractivity contribution in [2.75, 3.05) is 12.1 Å². The highest BCUT2D eigenvalue weighted by molar-refractivity contribution is 9.12. The van der Waals surface area contributed by atoms with Gasteiger partial charge in [-0.3, -0.25) is 5.01 Å². The Morgan fingerprint density at radius 1 is 1.17 bits per heavy atom. The molecule has 1 aromatic carbocycles. The third-order valence-electron chi connectivity index (χ3n) is 4.82. The van der Waals surface area contributed by atoms with Crippen molar-refractivity contribution in [1.82, 2.24) is 14.9 Å². The second kappa shape index (κ2) is 6.92. The fraction of sp³-hybridized carbons (Fsp3) is 0.444. The van der Waals surface area contributed by atoms with E-state index in [-0.39, 0.29) is 5.37 Å². The van der Waals surface area contributed by atoms with Crippen molar-refractivity contribution in [3.8, 4) is 0 Å². The van der Waals surface area contributed by atoms with Crippen LogP contribution < -0.4 is 5.01 Å². The second-order valence-corrected chi connectivity index (χ2v) is 8.43. The van der Waals surface area contributed by atoms with Gasteiger partial charge in [0.05, 0.1) is 0 Å². The Labute approximate surface area is 155 Å². The predicted molar refractivity (Wildman–Crippen MR) is 103 cm³/mol. The van der Waals surface area contributed by atoms with Gasteiger partial charge in [-0.1, -0.05) is 77.3 Å². The SMILES string of the molecule is CN1C(/C(Br)=C/c2ccccc2)Sc2nnc(C3CCCCC3)n21. The number of thioether (sulfide) groups is 1. The summed E-state index contributed by atoms with van der Waals surface area (Å²) in [4.78, 5) is 0. The topological polar surface area (TPSA) is 34.0 Å². The smallest absolute Gasteiger partial charge is 0.212 e. The number of fused-ring (bicyclic) bond motifs is 1. The lowest BCUT2D eigenvalue weighted by molar-refractivity contribution is 0.411. The summed E-state index contributed by atoms with van der Waals surface area (Å²) < 4.78 is 3.38. The normalized spacial score (nSPS) is 22.0. The Bertz CT molecular complexity index is 737. The molecular weight excluding hydrogens is 384 g/mol. The lowest BCUT2D eigenvalue weighted by Crippen LogP contribution is -2.35. The molecule has 4 nitrogen and oxygen atoms in total. The van der Waals surface area contributed by atoms with E-state index in [1.807, 2.05) is 6.07 Å². The van der Waals surface area contributed by atoms with E-state index in [9.17, 15) is 0 Å². The summed E-state index contributed by atoms with van der Waals surface area (Å²) in [6.45, 7) is 0. The molecule has 0 spiro atoms. The summed E-state index contributed by atoms with van der Waals surface area (Å²) >= 11 is 5.54. The van der Waals surface area contributed by atoms with Gasteiger partial charge < -0.3 is 0 Å². The van der Waals surface area contributed by atoms with Crippen LogP contribution in [0.15, 0.2) is 40.0 Å². The Morgan fingerprint density at radius 3 is 2.67 bits per heavy atom. The number of hydrogen-bond donors (Lipinski definition) is 0. The Hall–Kier alpha value is -1.27. The zero-order valence-corrected chi connectivity index (χ0v) is 16.1. The number of hydrogen-bond acceptors (Lipinski definition) is 4. The van der Waals surface area contributed by atoms with Crippen LogP contribution in [0.2, 0.25) is 0 Å². The summed E-state index contributed by atoms with van der Waals surface area (Å²) in [6, 6.07) is 10.4. The van der Waals surface area contributed by atoms with Crippen LogP contribution in [0.4, 0.5) is 0 Å². The van der Waals surface area contributed by atoms with Crippen LogP contribution >= 0.6 is 27.7 Å². The van der Waals surface area contributed by atoms with Crippen molar-refractivity contribution >= 4 is 33.8 Å². The molecule has 1 saturated carbocycles. The fourth-order valence-corrected chi connectivity index (χ4v) is 5.44. The lowest BCUT2D eigenvalue weighted by atomic mass is 9.89. The zero-order chi connectivity index (χ0) is 16.5. The first-order valence-electron chi connectivity index (χ1n) is 8.51. The molecule has 1 atom stereocenters. The van der Waals surface area contributed by atoms with Crippen molar-refractivity contribution in [3.63, 3.8) is 0 Å². The van der Waals surface area contributed by atoms with Crippen molar-refractivity contribution in [3.05, 3.63) is 46.2 Å². The summed E-state index contributed by atoms with van der Waals surface area (Å²) in [5, 5.41) is 12.4. The molecule has 0 amide bonds. The molecule has 24 heavy (non-hydrogen) atoms. The van der Waals surface area contributed by atoms with E-state index in [4.69, 9.17) is 0 Å². The second-order valence-electron chi connectivity index (χ2n) is 6.47. The molecule has 1 aromatic heterocycles. The maximum Gasteiger partial charge on any atom is 0.212 e. The van der Waals surface area contributed by atoms with Crippen LogP contribution in [-0.2, 0) is 0 Å². The highest BCUT2D eigenvalue weighted by atomic mass is 79.9. The average Bonchev–Trinajstić information content (AvgIpc) is 3.17. The molecule has 0 saturated heterocycles. The summed E-state index contributed by atoms with van der Waals surface area (Å²) in [7, 11) is 2.13. The monoisotopic (exact) mass is 404 g/mol. The minimum Gasteiger partial charge on any atom is -0.294 e. The van der Waals surface area contributed by atoms with Crippen LogP contribution in [0, 0.1) is 0 Å². The van der Waals surface area contributed by atoms with Gasteiger partial charge >= 0.3 is 0 Å². The Morgan fingerprint density at radius 2 is 1.92 bits per heavy atom. The molecule has 1 unspecified atom stereocenters. The van der Waals surface area contributed by atoms with Gasteiger partial charge in [-0.15, -0.1) is 10.2 Å². The van der Waals surface area contributed by atoms with Crippen LogP contribution in [0.3, 0.4) is 0 Å². The molecule has 1 aliphatic carbocycles. The lowest BCUT2D eigenvalue weighted by Gasteiger charge is -2.26. The van der Waals surface area contributed by atoms with Gasteiger partial charge in [-0.25, -0.2) is 4.68 Å². The van der Waals surface area contributed by atoms with Crippen molar-refractivity contribution in [1.29, 1.82) is 0 Å². The quantitative estimate of drug-likeness (QED) is 0.737. The largest absolute Gasteiger partial charge is 0.294 e. The molecule has 1 fully saturated rings. The highest BCUT2D eigenvalue weighted by Gasteiger charge is 2.35. The number of halogens is 1. The summed E-state index contributed by atoms with van der Waals surface area (Å²) in [5.74, 6) is 1.70. The average molecular weight is 405 g/mol. The van der Waals surface area contributed by atoms with E-state index in [1.165, 1.54) is 37.7 Å². The molecule has 2 aromatic rings. The van der Waals surface area contributed by atoms with E-state index < -0.39 is 0 Å². The third kappa shape index (κ3) is 3.02. The molecule has 0 bridgehead atoms. The molecule has 126 valence electrons. The van der Waals surface area contributed by atoms with Crippen LogP contribution in [0.1, 0.15) is 49.4 Å². The summed E-state index contributed by atoms with van der Waals surface area (Å²) in [6.07, 6.45) is 8.64. The molecule has 6 heteroatoms. The number of benzene rings is 1. The van der Waals surface area contributed by atoms with Crippen molar-refractivity contribution in [2.24, 2.45) is 0 Å². The molecule has 2 aliphatic rings. The van der Waals surface area contributed by atoms with Gasteiger partial charge in [0.2, 0.25) is 5.16 Å². The fourth-order valence-electron chi connectivity index (χ4n) is 3.56. The van der Waals surface area contributed by atoms with E-state index >= 15 is 0 Å². The van der Waals surface area contributed by atoms with Gasteiger partial charge in [-0.05, 0) is 24.5 Å². The molecule has 0 radical (unpaired) electrons. The Balaban J connectivity index is 1.58. The first kappa shape index (κ1) is 16.2. The summed E-state index contributed by atoms with van der Waals surface area (Å²) in [5.41, 5.74) is 1.20. The van der Waals surface area contributed by atoms with Crippen molar-refractivity contribution in [2.45, 2.75) is 48.6 Å². The number of likely N-dealkylation sites (N-methyl/N-ethyl adjacent to an activating group) is 1.